The van der Waals surface area contributed by atoms with Gasteiger partial charge in [-0.15, -0.1) is 0 Å². The van der Waals surface area contributed by atoms with Gasteiger partial charge in [0.15, 0.2) is 11.6 Å². The molecule has 0 amide bonds. The molecule has 2 aromatic rings. The number of piperidine rings is 1. The van der Waals surface area contributed by atoms with Gasteiger partial charge in [-0.2, -0.15) is 0 Å². The van der Waals surface area contributed by atoms with Gasteiger partial charge in [-0.25, -0.2) is 13.2 Å². The second-order valence-corrected chi connectivity index (χ2v) is 10.4. The molecule has 2 saturated heterocycles. The summed E-state index contributed by atoms with van der Waals surface area (Å²) in [5, 5.41) is 27.8. The normalized spacial score (nSPS) is 21.8. The minimum absolute atomic E-state index is 0.0312. The van der Waals surface area contributed by atoms with Crippen LogP contribution in [0.2, 0.25) is 0 Å². The number of nitrogens with one attached hydrogen (secondary N) is 2. The molecule has 10 heteroatoms. The fourth-order valence-electron chi connectivity index (χ4n) is 4.67. The third kappa shape index (κ3) is 5.68. The van der Waals surface area contributed by atoms with Gasteiger partial charge in [0.1, 0.15) is 17.6 Å². The monoisotopic (exact) mass is 590 g/mol. The lowest BCUT2D eigenvalue weighted by atomic mass is 9.91. The molecule has 2 fully saturated rings. The van der Waals surface area contributed by atoms with Gasteiger partial charge in [-0.1, -0.05) is 6.92 Å². The third-order valence-corrected chi connectivity index (χ3v) is 7.28. The molecule has 4 rings (SSSR count). The van der Waals surface area contributed by atoms with E-state index in [-0.39, 0.29) is 30.0 Å². The van der Waals surface area contributed by atoms with Crippen LogP contribution in [0.25, 0.3) is 0 Å². The Morgan fingerprint density at radius 2 is 1.94 bits per heavy atom. The molecule has 2 heterocycles. The SMILES string of the molecule is CCN1CCCC(NCC2(O)CN(C(O)c3ccc(F)c(F)c3Nc3ccc(I)cc3F)C2)C1. The molecule has 186 valence electrons. The van der Waals surface area contributed by atoms with E-state index in [0.29, 0.717) is 16.2 Å². The number of halogens is 4. The Morgan fingerprint density at radius 1 is 1.18 bits per heavy atom. The van der Waals surface area contributed by atoms with Crippen LogP contribution in [0.4, 0.5) is 24.5 Å². The van der Waals surface area contributed by atoms with E-state index in [4.69, 9.17) is 0 Å². The van der Waals surface area contributed by atoms with E-state index in [1.165, 1.54) is 18.2 Å². The van der Waals surface area contributed by atoms with Gasteiger partial charge in [0.05, 0.1) is 11.4 Å². The zero-order valence-corrected chi connectivity index (χ0v) is 21.2. The highest BCUT2D eigenvalue weighted by Crippen LogP contribution is 2.36. The fourth-order valence-corrected chi connectivity index (χ4v) is 5.12. The average molecular weight is 590 g/mol. The van der Waals surface area contributed by atoms with Gasteiger partial charge < -0.3 is 25.7 Å². The standard InChI is InChI=1S/C24H30F3IN4O2/c1-2-31-9-3-4-16(11-31)29-12-24(34)13-32(14-24)23(33)17-6-7-18(25)21(27)22(17)30-20-8-5-15(28)10-19(20)26/h5-8,10,16,23,29-30,33-34H,2-4,9,11-14H2,1H3. The Morgan fingerprint density at radius 3 is 2.65 bits per heavy atom. The van der Waals surface area contributed by atoms with Gasteiger partial charge in [-0.3, -0.25) is 4.90 Å². The van der Waals surface area contributed by atoms with Crippen molar-refractivity contribution in [2.24, 2.45) is 0 Å². The van der Waals surface area contributed by atoms with Crippen LogP contribution in [0.3, 0.4) is 0 Å². The van der Waals surface area contributed by atoms with Crippen LogP contribution in [0, 0.1) is 21.0 Å². The first kappa shape index (κ1) is 25.6. The van der Waals surface area contributed by atoms with Crippen LogP contribution in [0.1, 0.15) is 31.6 Å². The van der Waals surface area contributed by atoms with Crippen LogP contribution < -0.4 is 10.6 Å². The summed E-state index contributed by atoms with van der Waals surface area (Å²) in [7, 11) is 0. The highest BCUT2D eigenvalue weighted by atomic mass is 127. The van der Waals surface area contributed by atoms with Crippen molar-refractivity contribution in [3.05, 3.63) is 56.9 Å². The highest BCUT2D eigenvalue weighted by molar-refractivity contribution is 14.1. The smallest absolute Gasteiger partial charge is 0.182 e. The summed E-state index contributed by atoms with van der Waals surface area (Å²) < 4.78 is 43.7. The van der Waals surface area contributed by atoms with Gasteiger partial charge in [0.25, 0.3) is 0 Å². The van der Waals surface area contributed by atoms with Crippen LogP contribution in [0.5, 0.6) is 0 Å². The molecule has 6 nitrogen and oxygen atoms in total. The maximum absolute atomic E-state index is 14.7. The van der Waals surface area contributed by atoms with Gasteiger partial charge in [-0.05, 0) is 78.9 Å². The van der Waals surface area contributed by atoms with Crippen molar-refractivity contribution in [1.29, 1.82) is 0 Å². The number of aliphatic hydroxyl groups is 2. The first-order chi connectivity index (χ1) is 16.2. The molecule has 2 aliphatic rings. The minimum Gasteiger partial charge on any atom is -0.386 e. The first-order valence-corrected chi connectivity index (χ1v) is 12.6. The molecule has 4 N–H and O–H groups in total. The quantitative estimate of drug-likeness (QED) is 0.353. The second-order valence-electron chi connectivity index (χ2n) is 9.19. The highest BCUT2D eigenvalue weighted by Gasteiger charge is 2.45. The van der Waals surface area contributed by atoms with E-state index in [0.717, 1.165) is 38.5 Å². The number of anilines is 2. The second kappa shape index (κ2) is 10.7. The summed E-state index contributed by atoms with van der Waals surface area (Å²) in [5.41, 5.74) is -1.32. The van der Waals surface area contributed by atoms with Crippen LogP contribution in [-0.4, -0.2) is 70.9 Å². The first-order valence-electron chi connectivity index (χ1n) is 11.5. The number of nitrogens with zero attached hydrogens (tertiary/aromatic N) is 2. The Labute approximate surface area is 211 Å². The van der Waals surface area contributed by atoms with Crippen molar-refractivity contribution in [2.45, 2.75) is 37.6 Å². The van der Waals surface area contributed by atoms with E-state index >= 15 is 0 Å². The number of likely N-dealkylation sites (tertiary alicyclic amines) is 2. The van der Waals surface area contributed by atoms with Crippen molar-refractivity contribution in [2.75, 3.05) is 44.6 Å². The average Bonchev–Trinajstić information content (AvgIpc) is 2.80. The Hall–Kier alpha value is -1.44. The van der Waals surface area contributed by atoms with E-state index < -0.39 is 29.3 Å². The maximum atomic E-state index is 14.7. The summed E-state index contributed by atoms with van der Waals surface area (Å²) in [5.74, 6) is -2.93. The van der Waals surface area contributed by atoms with Crippen molar-refractivity contribution < 1.29 is 23.4 Å². The van der Waals surface area contributed by atoms with Crippen LogP contribution in [0.15, 0.2) is 30.3 Å². The predicted molar refractivity (Wildman–Crippen MR) is 133 cm³/mol. The third-order valence-electron chi connectivity index (χ3n) is 6.61. The molecule has 0 aliphatic carbocycles. The number of hydrogen-bond acceptors (Lipinski definition) is 6. The van der Waals surface area contributed by atoms with Gasteiger partial charge in [0, 0.05) is 41.4 Å². The van der Waals surface area contributed by atoms with E-state index in [1.807, 2.05) is 22.6 Å². The van der Waals surface area contributed by atoms with E-state index in [1.54, 1.807) is 11.0 Å². The number of rotatable bonds is 8. The Balaban J connectivity index is 1.42. The van der Waals surface area contributed by atoms with Crippen LogP contribution in [-0.2, 0) is 0 Å². The molecule has 0 spiro atoms. The maximum Gasteiger partial charge on any atom is 0.182 e. The lowest BCUT2D eigenvalue weighted by molar-refractivity contribution is -0.161. The lowest BCUT2D eigenvalue weighted by Crippen LogP contribution is -2.67. The van der Waals surface area contributed by atoms with Gasteiger partial charge >= 0.3 is 0 Å². The largest absolute Gasteiger partial charge is 0.386 e. The summed E-state index contributed by atoms with van der Waals surface area (Å²) in [6.07, 6.45) is 0.870. The number of likely N-dealkylation sites (N-methyl/N-ethyl adjacent to an activating group) is 1. The Kier molecular flexibility index (Phi) is 8.05. The molecular formula is C24H30F3IN4O2. The number of benzene rings is 2. The summed E-state index contributed by atoms with van der Waals surface area (Å²) in [6.45, 7) is 5.89. The van der Waals surface area contributed by atoms with E-state index in [9.17, 15) is 23.4 Å². The summed E-state index contributed by atoms with van der Waals surface area (Å²) >= 11 is 1.95. The molecule has 2 unspecified atom stereocenters. The number of β-amino-alcohol motifs (C(OH)–C–C–N with tert-alkyl or cyclic N) is 1. The van der Waals surface area contributed by atoms with Crippen LogP contribution >= 0.6 is 22.6 Å². The Bertz CT molecular complexity index is 1020. The fraction of sp³-hybridized carbons (Fsp3) is 0.500. The molecule has 0 radical (unpaired) electrons. The number of hydrogen-bond donors (Lipinski definition) is 4. The summed E-state index contributed by atoms with van der Waals surface area (Å²) in [4.78, 5) is 3.94. The molecule has 0 aromatic heterocycles. The van der Waals surface area contributed by atoms with E-state index in [2.05, 4.69) is 22.5 Å². The molecule has 2 atom stereocenters. The molecular weight excluding hydrogens is 560 g/mol. The lowest BCUT2D eigenvalue weighted by Gasteiger charge is -2.49. The summed E-state index contributed by atoms with van der Waals surface area (Å²) in [6, 6.07) is 6.84. The molecule has 0 bridgehead atoms. The number of aliphatic hydroxyl groups excluding tert-OH is 1. The molecule has 2 aromatic carbocycles. The van der Waals surface area contributed by atoms with Gasteiger partial charge in [0.2, 0.25) is 0 Å². The topological polar surface area (TPSA) is 71.0 Å². The minimum atomic E-state index is -1.30. The zero-order valence-electron chi connectivity index (χ0n) is 19.0. The molecule has 0 saturated carbocycles. The van der Waals surface area contributed by atoms with Crippen molar-refractivity contribution in [1.82, 2.24) is 15.1 Å². The predicted octanol–water partition coefficient (Wildman–Crippen LogP) is 3.56. The molecule has 34 heavy (non-hydrogen) atoms. The van der Waals surface area contributed by atoms with Crippen molar-refractivity contribution >= 4 is 34.0 Å². The van der Waals surface area contributed by atoms with Crippen molar-refractivity contribution in [3.8, 4) is 0 Å². The zero-order chi connectivity index (χ0) is 24.5. The van der Waals surface area contributed by atoms with Crippen molar-refractivity contribution in [3.63, 3.8) is 0 Å². The molecule has 2 aliphatic heterocycles.